The third kappa shape index (κ3) is 4.35. The molecule has 4 aliphatic rings. The molecule has 4 aliphatic carbocycles. The largest absolute Gasteiger partial charge is 0.481 e. The van der Waals surface area contributed by atoms with Crippen LogP contribution in [-0.2, 0) is 33.4 Å². The van der Waals surface area contributed by atoms with Crippen LogP contribution in [-0.4, -0.2) is 48.8 Å². The molecule has 4 fully saturated rings. The molecule has 196 valence electrons. The lowest BCUT2D eigenvalue weighted by atomic mass is 9.43. The van der Waals surface area contributed by atoms with Crippen LogP contribution in [0.25, 0.3) is 0 Å². The summed E-state index contributed by atoms with van der Waals surface area (Å²) in [7, 11) is 0. The van der Waals surface area contributed by atoms with Gasteiger partial charge in [0.15, 0.2) is 0 Å². The Balaban J connectivity index is 1.68. The highest BCUT2D eigenvalue weighted by Crippen LogP contribution is 2.69. The van der Waals surface area contributed by atoms with Crippen molar-refractivity contribution >= 4 is 25.4 Å². The fourth-order valence-corrected chi connectivity index (χ4v) is 9.30. The molecule has 0 amide bonds. The van der Waals surface area contributed by atoms with Crippen molar-refractivity contribution in [1.82, 2.24) is 0 Å². The number of ether oxygens (including phenoxy) is 3. The van der Waals surface area contributed by atoms with E-state index in [2.05, 4.69) is 20.8 Å². The second-order valence-electron chi connectivity index (χ2n) is 12.0. The number of fused-ring (bicyclic) bond motifs is 5. The van der Waals surface area contributed by atoms with Crippen molar-refractivity contribution in [1.29, 1.82) is 0 Å². The molecule has 0 aromatic rings. The first-order chi connectivity index (χ1) is 16.7. The van der Waals surface area contributed by atoms with E-state index in [-0.39, 0.29) is 71.1 Å². The number of carbonyl (C=O) groups excluding carboxylic acids is 3. The maximum absolute atomic E-state index is 11.7. The van der Waals surface area contributed by atoms with Crippen molar-refractivity contribution in [3.05, 3.63) is 0 Å². The molecule has 8 heteroatoms. The number of rotatable bonds is 10. The molecule has 0 saturated heterocycles. The third-order valence-electron chi connectivity index (χ3n) is 11.0. The Kier molecular flexibility index (Phi) is 7.49. The van der Waals surface area contributed by atoms with E-state index in [9.17, 15) is 24.3 Å². The minimum atomic E-state index is -0.791. The van der Waals surface area contributed by atoms with Gasteiger partial charge in [0, 0.05) is 17.8 Å². The Morgan fingerprint density at radius 2 is 1.69 bits per heavy atom. The van der Waals surface area contributed by atoms with Crippen LogP contribution in [0.2, 0.25) is 0 Å². The zero-order valence-corrected chi connectivity index (χ0v) is 21.1. The van der Waals surface area contributed by atoms with Crippen LogP contribution in [0.1, 0.15) is 78.6 Å². The Labute approximate surface area is 207 Å². The van der Waals surface area contributed by atoms with Crippen LogP contribution in [0, 0.1) is 46.3 Å². The number of carboxylic acid groups (broad SMARTS) is 1. The zero-order valence-electron chi connectivity index (χ0n) is 21.1. The van der Waals surface area contributed by atoms with Gasteiger partial charge >= 0.3 is 5.97 Å². The molecular weight excluding hydrogens is 452 g/mol. The maximum Gasteiger partial charge on any atom is 0.303 e. The first kappa shape index (κ1) is 26.0. The molecule has 35 heavy (non-hydrogen) atoms. The zero-order chi connectivity index (χ0) is 25.4. The first-order valence-corrected chi connectivity index (χ1v) is 13.2. The lowest BCUT2D eigenvalue weighted by Gasteiger charge is -2.64. The van der Waals surface area contributed by atoms with Crippen molar-refractivity contribution in [3.63, 3.8) is 0 Å². The minimum absolute atomic E-state index is 0.0189. The summed E-state index contributed by atoms with van der Waals surface area (Å²) >= 11 is 0. The molecule has 11 atom stereocenters. The first-order valence-electron chi connectivity index (χ1n) is 13.2. The number of hydrogen-bond acceptors (Lipinski definition) is 7. The summed E-state index contributed by atoms with van der Waals surface area (Å²) in [5.41, 5.74) is -0.319. The van der Waals surface area contributed by atoms with E-state index in [1.165, 1.54) is 0 Å². The third-order valence-corrected chi connectivity index (χ3v) is 11.0. The van der Waals surface area contributed by atoms with Crippen molar-refractivity contribution in [2.24, 2.45) is 46.3 Å². The van der Waals surface area contributed by atoms with Gasteiger partial charge in [0.25, 0.3) is 19.4 Å². The second-order valence-corrected chi connectivity index (χ2v) is 12.0. The normalized spacial score (nSPS) is 45.1. The molecule has 8 nitrogen and oxygen atoms in total. The molecular formula is C27H40O8. The van der Waals surface area contributed by atoms with Crippen LogP contribution < -0.4 is 0 Å². The van der Waals surface area contributed by atoms with Crippen LogP contribution in [0.4, 0.5) is 0 Å². The van der Waals surface area contributed by atoms with Gasteiger partial charge in [0.05, 0.1) is 0 Å². The molecule has 0 bridgehead atoms. The topological polar surface area (TPSA) is 116 Å². The van der Waals surface area contributed by atoms with E-state index in [1.54, 1.807) is 0 Å². The van der Waals surface area contributed by atoms with Crippen molar-refractivity contribution < 1.29 is 38.5 Å². The number of carbonyl (C=O) groups is 4. The predicted octanol–water partition coefficient (Wildman–Crippen LogP) is 3.99. The lowest BCUT2D eigenvalue weighted by Crippen LogP contribution is -2.63. The summed E-state index contributed by atoms with van der Waals surface area (Å²) in [6.45, 7) is 8.34. The highest BCUT2D eigenvalue weighted by atomic mass is 16.5. The highest BCUT2D eigenvalue weighted by Gasteiger charge is 2.67. The smallest absolute Gasteiger partial charge is 0.303 e. The number of hydrogen-bond donors (Lipinski definition) is 1. The van der Waals surface area contributed by atoms with E-state index in [1.807, 2.05) is 0 Å². The van der Waals surface area contributed by atoms with Gasteiger partial charge in [-0.3, -0.25) is 19.2 Å². The maximum atomic E-state index is 11.7. The molecule has 1 N–H and O–H groups in total. The Morgan fingerprint density at radius 3 is 2.34 bits per heavy atom. The molecule has 4 rings (SSSR count). The van der Waals surface area contributed by atoms with E-state index >= 15 is 0 Å². The summed E-state index contributed by atoms with van der Waals surface area (Å²) < 4.78 is 17.0. The summed E-state index contributed by atoms with van der Waals surface area (Å²) in [5.74, 6) is 0.481. The van der Waals surface area contributed by atoms with Crippen molar-refractivity contribution in [2.45, 2.75) is 96.9 Å². The van der Waals surface area contributed by atoms with Gasteiger partial charge in [-0.1, -0.05) is 20.8 Å². The Morgan fingerprint density at radius 1 is 0.971 bits per heavy atom. The van der Waals surface area contributed by atoms with E-state index in [0.29, 0.717) is 32.3 Å². The minimum Gasteiger partial charge on any atom is -0.481 e. The summed E-state index contributed by atoms with van der Waals surface area (Å²) in [6.07, 6.45) is 5.98. The molecule has 0 heterocycles. The summed E-state index contributed by atoms with van der Waals surface area (Å²) in [4.78, 5) is 45.5. The van der Waals surface area contributed by atoms with Crippen LogP contribution in [0.3, 0.4) is 0 Å². The van der Waals surface area contributed by atoms with Gasteiger partial charge in [0.2, 0.25) is 0 Å². The van der Waals surface area contributed by atoms with Crippen molar-refractivity contribution in [3.8, 4) is 0 Å². The molecule has 0 radical (unpaired) electrons. The monoisotopic (exact) mass is 492 g/mol. The van der Waals surface area contributed by atoms with E-state index in [4.69, 9.17) is 14.2 Å². The number of carboxylic acids is 1. The highest BCUT2D eigenvalue weighted by molar-refractivity contribution is 5.66. The van der Waals surface area contributed by atoms with E-state index < -0.39 is 5.97 Å². The fraction of sp³-hybridized carbons (Fsp3) is 0.852. The molecule has 0 aromatic carbocycles. The van der Waals surface area contributed by atoms with Gasteiger partial charge < -0.3 is 19.3 Å². The summed E-state index contributed by atoms with van der Waals surface area (Å²) in [6, 6.07) is 0. The van der Waals surface area contributed by atoms with Crippen LogP contribution >= 0.6 is 0 Å². The quantitative estimate of drug-likeness (QED) is 0.359. The molecule has 0 aliphatic heterocycles. The predicted molar refractivity (Wildman–Crippen MR) is 125 cm³/mol. The standard InChI is InChI=1S/C27H40O8/c1-16(4-7-24(31)32)19-5-6-20-25-21(12-23(35-15-30)27(19,20)3)26(2)9-8-18(33-13-28)10-17(26)11-22(25)34-14-29/h13-23,25H,4-12H2,1-3H3,(H,31,32)/t16-,17+,18-,19?,20+,21+,22-,23+,25?,26+,27-/m1/s1. The lowest BCUT2D eigenvalue weighted by molar-refractivity contribution is -0.218. The van der Waals surface area contributed by atoms with E-state index in [0.717, 1.165) is 38.5 Å². The van der Waals surface area contributed by atoms with Gasteiger partial charge in [-0.05, 0) is 86.4 Å². The van der Waals surface area contributed by atoms with Gasteiger partial charge in [0.1, 0.15) is 18.3 Å². The average Bonchev–Trinajstić information content (AvgIpc) is 3.17. The second kappa shape index (κ2) is 10.1. The molecule has 0 spiro atoms. The molecule has 2 unspecified atom stereocenters. The summed E-state index contributed by atoms with van der Waals surface area (Å²) in [5, 5.41) is 9.23. The Hall–Kier alpha value is -2.12. The molecule has 0 aromatic heterocycles. The molecule has 4 saturated carbocycles. The van der Waals surface area contributed by atoms with Gasteiger partial charge in [-0.15, -0.1) is 0 Å². The SMILES string of the molecule is C[C@H](CCC(=O)O)C1CC[C@H]2C3[C@H](OC=O)C[C@@H]4C[C@H](OC=O)CC[C@]4(C)[C@H]3C[C@H](OC=O)[C@]12C. The van der Waals surface area contributed by atoms with Gasteiger partial charge in [-0.25, -0.2) is 0 Å². The average molecular weight is 493 g/mol. The van der Waals surface area contributed by atoms with Crippen LogP contribution in [0.15, 0.2) is 0 Å². The van der Waals surface area contributed by atoms with Crippen LogP contribution in [0.5, 0.6) is 0 Å². The van der Waals surface area contributed by atoms with Gasteiger partial charge in [-0.2, -0.15) is 0 Å². The fourth-order valence-electron chi connectivity index (χ4n) is 9.30. The number of aliphatic carboxylic acids is 1. The van der Waals surface area contributed by atoms with Crippen molar-refractivity contribution in [2.75, 3.05) is 0 Å². The Bertz CT molecular complexity index is 815.